The molecule has 2 aromatic carbocycles. The third-order valence-electron chi connectivity index (χ3n) is 3.25. The number of hydrogen-bond donors (Lipinski definition) is 1. The van der Waals surface area contributed by atoms with Crippen LogP contribution < -0.4 is 14.8 Å². The molecule has 21 heavy (non-hydrogen) atoms. The first-order valence-electron chi connectivity index (χ1n) is 6.83. The molecule has 0 radical (unpaired) electrons. The maximum absolute atomic E-state index is 13.2. The number of methoxy groups -OCH3 is 1. The summed E-state index contributed by atoms with van der Waals surface area (Å²) in [4.78, 5) is 0. The van der Waals surface area contributed by atoms with Crippen LogP contribution >= 0.6 is 0 Å². The van der Waals surface area contributed by atoms with Crippen LogP contribution in [0.4, 0.5) is 4.39 Å². The average Bonchev–Trinajstić information content (AvgIpc) is 2.49. The molecule has 0 aromatic heterocycles. The van der Waals surface area contributed by atoms with E-state index < -0.39 is 0 Å². The molecule has 4 heteroatoms. The molecule has 3 nitrogen and oxygen atoms in total. The molecular formula is C17H20FNO2. The Labute approximate surface area is 124 Å². The molecule has 0 bridgehead atoms. The fourth-order valence-electron chi connectivity index (χ4n) is 2.13. The van der Waals surface area contributed by atoms with Crippen molar-refractivity contribution < 1.29 is 13.9 Å². The molecule has 0 heterocycles. The summed E-state index contributed by atoms with van der Waals surface area (Å²) in [7, 11) is 3.54. The lowest BCUT2D eigenvalue weighted by Crippen LogP contribution is -2.06. The van der Waals surface area contributed by atoms with Gasteiger partial charge < -0.3 is 14.8 Å². The van der Waals surface area contributed by atoms with Crippen LogP contribution in [0.2, 0.25) is 0 Å². The van der Waals surface area contributed by atoms with Gasteiger partial charge in [0, 0.05) is 12.1 Å². The van der Waals surface area contributed by atoms with E-state index in [0.29, 0.717) is 17.9 Å². The van der Waals surface area contributed by atoms with E-state index in [0.717, 1.165) is 23.4 Å². The minimum atomic E-state index is -0.226. The van der Waals surface area contributed by atoms with Crippen LogP contribution in [0, 0.1) is 12.7 Å². The van der Waals surface area contributed by atoms with Crippen LogP contribution in [0.5, 0.6) is 11.5 Å². The molecule has 112 valence electrons. The molecule has 0 aliphatic carbocycles. The predicted octanol–water partition coefficient (Wildman–Crippen LogP) is 3.44. The fourth-order valence-corrected chi connectivity index (χ4v) is 2.13. The molecule has 0 saturated carbocycles. The number of aryl methyl sites for hydroxylation is 1. The van der Waals surface area contributed by atoms with Crippen LogP contribution in [-0.2, 0) is 13.2 Å². The van der Waals surface area contributed by atoms with Crippen LogP contribution in [0.1, 0.15) is 16.7 Å². The molecule has 0 spiro atoms. The highest BCUT2D eigenvalue weighted by molar-refractivity contribution is 5.37. The molecule has 2 rings (SSSR count). The predicted molar refractivity (Wildman–Crippen MR) is 81.2 cm³/mol. The van der Waals surface area contributed by atoms with Crippen LogP contribution in [0.3, 0.4) is 0 Å². The molecule has 0 amide bonds. The second-order valence-corrected chi connectivity index (χ2v) is 4.88. The molecule has 2 aromatic rings. The van der Waals surface area contributed by atoms with Gasteiger partial charge in [-0.1, -0.05) is 6.07 Å². The van der Waals surface area contributed by atoms with E-state index in [-0.39, 0.29) is 5.82 Å². The molecule has 1 N–H and O–H groups in total. The van der Waals surface area contributed by atoms with E-state index >= 15 is 0 Å². The van der Waals surface area contributed by atoms with Crippen molar-refractivity contribution in [2.75, 3.05) is 14.2 Å². The van der Waals surface area contributed by atoms with Crippen molar-refractivity contribution in [3.8, 4) is 11.5 Å². The highest BCUT2D eigenvalue weighted by Gasteiger charge is 2.06. The molecule has 0 saturated heterocycles. The smallest absolute Gasteiger partial charge is 0.126 e. The van der Waals surface area contributed by atoms with Gasteiger partial charge in [-0.2, -0.15) is 0 Å². The third-order valence-corrected chi connectivity index (χ3v) is 3.25. The largest absolute Gasteiger partial charge is 0.496 e. The van der Waals surface area contributed by atoms with Gasteiger partial charge in [0.25, 0.3) is 0 Å². The van der Waals surface area contributed by atoms with Crippen molar-refractivity contribution in [2.24, 2.45) is 0 Å². The summed E-state index contributed by atoms with van der Waals surface area (Å²) in [5.74, 6) is 1.21. The second kappa shape index (κ2) is 7.09. The van der Waals surface area contributed by atoms with Crippen molar-refractivity contribution in [1.29, 1.82) is 0 Å². The Morgan fingerprint density at radius 3 is 2.62 bits per heavy atom. The van der Waals surface area contributed by atoms with Crippen molar-refractivity contribution >= 4 is 0 Å². The van der Waals surface area contributed by atoms with E-state index in [1.54, 1.807) is 26.2 Å². The first-order chi connectivity index (χ1) is 10.1. The molecule has 0 aliphatic rings. The Morgan fingerprint density at radius 2 is 1.95 bits per heavy atom. The van der Waals surface area contributed by atoms with Gasteiger partial charge in [-0.3, -0.25) is 0 Å². The van der Waals surface area contributed by atoms with Gasteiger partial charge in [0.1, 0.15) is 23.9 Å². The summed E-state index contributed by atoms with van der Waals surface area (Å²) in [6.07, 6.45) is 0. The number of rotatable bonds is 6. The van der Waals surface area contributed by atoms with Gasteiger partial charge in [0.05, 0.1) is 7.11 Å². The highest BCUT2D eigenvalue weighted by atomic mass is 19.1. The fraction of sp³-hybridized carbons (Fsp3) is 0.294. The SMILES string of the molecule is CNCc1ccc(OC)c(COc2ccc(F)c(C)c2)c1. The topological polar surface area (TPSA) is 30.5 Å². The van der Waals surface area contributed by atoms with Crippen LogP contribution in [0.15, 0.2) is 36.4 Å². The Kier molecular flexibility index (Phi) is 5.17. The summed E-state index contributed by atoms with van der Waals surface area (Å²) in [6, 6.07) is 10.7. The summed E-state index contributed by atoms with van der Waals surface area (Å²) in [5.41, 5.74) is 2.70. The van der Waals surface area contributed by atoms with Gasteiger partial charge in [0.2, 0.25) is 0 Å². The van der Waals surface area contributed by atoms with E-state index in [9.17, 15) is 4.39 Å². The zero-order valence-electron chi connectivity index (χ0n) is 12.6. The van der Waals surface area contributed by atoms with E-state index in [2.05, 4.69) is 5.32 Å². The minimum absolute atomic E-state index is 0.226. The quantitative estimate of drug-likeness (QED) is 0.883. The maximum Gasteiger partial charge on any atom is 0.126 e. The lowest BCUT2D eigenvalue weighted by atomic mass is 10.1. The van der Waals surface area contributed by atoms with Crippen LogP contribution in [0.25, 0.3) is 0 Å². The number of halogens is 1. The van der Waals surface area contributed by atoms with Crippen molar-refractivity contribution in [1.82, 2.24) is 5.32 Å². The van der Waals surface area contributed by atoms with Crippen molar-refractivity contribution in [2.45, 2.75) is 20.1 Å². The van der Waals surface area contributed by atoms with Gasteiger partial charge in [0.15, 0.2) is 0 Å². The number of nitrogens with one attached hydrogen (secondary N) is 1. The third kappa shape index (κ3) is 3.95. The summed E-state index contributed by atoms with van der Waals surface area (Å²) >= 11 is 0. The monoisotopic (exact) mass is 289 g/mol. The summed E-state index contributed by atoms with van der Waals surface area (Å²) in [5, 5.41) is 3.11. The molecular weight excluding hydrogens is 269 g/mol. The van der Waals surface area contributed by atoms with Crippen molar-refractivity contribution in [3.63, 3.8) is 0 Å². The zero-order valence-corrected chi connectivity index (χ0v) is 12.6. The Balaban J connectivity index is 2.13. The van der Waals surface area contributed by atoms with Gasteiger partial charge in [-0.05, 0) is 55.4 Å². The highest BCUT2D eigenvalue weighted by Crippen LogP contribution is 2.23. The lowest BCUT2D eigenvalue weighted by molar-refractivity contribution is 0.296. The van der Waals surface area contributed by atoms with Crippen LogP contribution in [-0.4, -0.2) is 14.2 Å². The number of benzene rings is 2. The Bertz CT molecular complexity index is 614. The summed E-state index contributed by atoms with van der Waals surface area (Å²) in [6.45, 7) is 2.88. The van der Waals surface area contributed by atoms with E-state index in [1.807, 2.05) is 25.2 Å². The molecule has 0 atom stereocenters. The second-order valence-electron chi connectivity index (χ2n) is 4.88. The standard InChI is InChI=1S/C17H20FNO2/c1-12-8-15(5-6-16(12)18)21-11-14-9-13(10-19-2)4-7-17(14)20-3/h4-9,19H,10-11H2,1-3H3. The zero-order chi connectivity index (χ0) is 15.2. The summed E-state index contributed by atoms with van der Waals surface area (Å²) < 4.78 is 24.3. The van der Waals surface area contributed by atoms with E-state index in [1.165, 1.54) is 6.07 Å². The average molecular weight is 289 g/mol. The normalized spacial score (nSPS) is 10.5. The number of ether oxygens (including phenoxy) is 2. The maximum atomic E-state index is 13.2. The molecule has 0 unspecified atom stereocenters. The van der Waals surface area contributed by atoms with E-state index in [4.69, 9.17) is 9.47 Å². The first-order valence-corrected chi connectivity index (χ1v) is 6.83. The first kappa shape index (κ1) is 15.3. The Morgan fingerprint density at radius 1 is 1.14 bits per heavy atom. The van der Waals surface area contributed by atoms with Crippen molar-refractivity contribution in [3.05, 3.63) is 58.9 Å². The lowest BCUT2D eigenvalue weighted by Gasteiger charge is -2.12. The van der Waals surface area contributed by atoms with Gasteiger partial charge in [-0.15, -0.1) is 0 Å². The van der Waals surface area contributed by atoms with Gasteiger partial charge in [-0.25, -0.2) is 4.39 Å². The Hall–Kier alpha value is -2.07. The molecule has 0 fully saturated rings. The molecule has 0 aliphatic heterocycles. The van der Waals surface area contributed by atoms with Gasteiger partial charge >= 0.3 is 0 Å². The number of hydrogen-bond acceptors (Lipinski definition) is 3. The minimum Gasteiger partial charge on any atom is -0.496 e.